The van der Waals surface area contributed by atoms with E-state index < -0.39 is 0 Å². The van der Waals surface area contributed by atoms with E-state index in [-0.39, 0.29) is 11.5 Å². The van der Waals surface area contributed by atoms with Gasteiger partial charge >= 0.3 is 5.97 Å². The van der Waals surface area contributed by atoms with Gasteiger partial charge in [0, 0.05) is 22.8 Å². The number of nitrogens with zero attached hydrogens (tertiary/aromatic N) is 2. The molecule has 0 atom stereocenters. The highest BCUT2D eigenvalue weighted by Crippen LogP contribution is 2.25. The first kappa shape index (κ1) is 21.5. The van der Waals surface area contributed by atoms with Crippen molar-refractivity contribution in [1.29, 1.82) is 0 Å². The molecule has 0 spiro atoms. The van der Waals surface area contributed by atoms with Gasteiger partial charge < -0.3 is 9.30 Å². The van der Waals surface area contributed by atoms with Crippen LogP contribution in [0.4, 0.5) is 0 Å². The number of ether oxygens (including phenoxy) is 1. The number of benzene rings is 2. The fourth-order valence-corrected chi connectivity index (χ4v) is 4.03. The molecule has 162 valence electrons. The first-order chi connectivity index (χ1) is 15.5. The molecule has 0 aliphatic heterocycles. The molecule has 4 rings (SSSR count). The average molecular weight is 427 g/mol. The molecule has 2 heterocycles. The van der Waals surface area contributed by atoms with Crippen molar-refractivity contribution in [2.75, 3.05) is 7.11 Å². The molecule has 0 radical (unpaired) electrons. The zero-order chi connectivity index (χ0) is 22.7. The number of rotatable bonds is 6. The third-order valence-electron chi connectivity index (χ3n) is 5.75. The number of hydrogen-bond donors (Lipinski definition) is 0. The first-order valence-corrected chi connectivity index (χ1v) is 10.8. The van der Waals surface area contributed by atoms with Crippen LogP contribution in [0, 0.1) is 0 Å². The summed E-state index contributed by atoms with van der Waals surface area (Å²) in [5.74, 6) is -0.362. The second kappa shape index (κ2) is 9.18. The second-order valence-electron chi connectivity index (χ2n) is 7.69. The van der Waals surface area contributed by atoms with E-state index in [4.69, 9.17) is 9.72 Å². The van der Waals surface area contributed by atoms with Gasteiger partial charge in [-0.05, 0) is 47.7 Å². The number of esters is 1. The number of carbonyl (C=O) groups is 1. The van der Waals surface area contributed by atoms with Crippen LogP contribution in [0.15, 0.2) is 71.5 Å². The number of pyridine rings is 2. The van der Waals surface area contributed by atoms with Gasteiger partial charge in [0.15, 0.2) is 0 Å². The minimum absolute atomic E-state index is 0.0343. The molecule has 0 unspecified atom stereocenters. The van der Waals surface area contributed by atoms with E-state index in [9.17, 15) is 9.59 Å². The molecule has 0 saturated carbocycles. The summed E-state index contributed by atoms with van der Waals surface area (Å²) in [6.07, 6.45) is 1.64. The Hall–Kier alpha value is -3.73. The van der Waals surface area contributed by atoms with Crippen LogP contribution in [0.2, 0.25) is 0 Å². The molecule has 0 N–H and O–H groups in total. The van der Waals surface area contributed by atoms with Crippen LogP contribution in [0.5, 0.6) is 0 Å². The van der Waals surface area contributed by atoms with Gasteiger partial charge in [-0.2, -0.15) is 0 Å². The van der Waals surface area contributed by atoms with Gasteiger partial charge in [0.25, 0.3) is 5.56 Å². The summed E-state index contributed by atoms with van der Waals surface area (Å²) in [4.78, 5) is 29.6. The Kier molecular flexibility index (Phi) is 6.17. The molecule has 0 saturated heterocycles. The summed E-state index contributed by atoms with van der Waals surface area (Å²) in [5, 5.41) is 1.02. The largest absolute Gasteiger partial charge is 0.465 e. The van der Waals surface area contributed by atoms with Crippen LogP contribution in [0.1, 0.15) is 41.2 Å². The summed E-state index contributed by atoms with van der Waals surface area (Å²) >= 11 is 0. The number of aryl methyl sites for hydroxylation is 2. The number of hydrogen-bond acceptors (Lipinski definition) is 4. The van der Waals surface area contributed by atoms with E-state index in [2.05, 4.69) is 13.8 Å². The highest BCUT2D eigenvalue weighted by atomic mass is 16.5. The predicted molar refractivity (Wildman–Crippen MR) is 127 cm³/mol. The topological polar surface area (TPSA) is 61.2 Å². The van der Waals surface area contributed by atoms with Crippen molar-refractivity contribution >= 4 is 16.9 Å². The zero-order valence-corrected chi connectivity index (χ0v) is 18.6. The van der Waals surface area contributed by atoms with Gasteiger partial charge in [0.2, 0.25) is 0 Å². The molecule has 32 heavy (non-hydrogen) atoms. The number of carbonyl (C=O) groups excluding carboxylic acids is 1. The summed E-state index contributed by atoms with van der Waals surface area (Å²) in [6.45, 7) is 4.62. The van der Waals surface area contributed by atoms with Crippen molar-refractivity contribution in [3.05, 3.63) is 99.6 Å². The van der Waals surface area contributed by atoms with Crippen LogP contribution >= 0.6 is 0 Å². The monoisotopic (exact) mass is 426 g/mol. The number of fused-ring (bicyclic) bond motifs is 1. The minimum atomic E-state index is -0.362. The average Bonchev–Trinajstić information content (AvgIpc) is 2.85. The standard InChI is InChI=1S/C27H26N2O3/c1-4-20-16-25-23(24(5-2)28-20)14-15-26(30)29(25)17-18-10-12-19(13-11-18)21-8-6-7-9-22(21)27(31)32-3/h6-16H,4-5,17H2,1-3H3. The summed E-state index contributed by atoms with van der Waals surface area (Å²) in [7, 11) is 1.38. The number of methoxy groups -OCH3 is 1. The van der Waals surface area contributed by atoms with E-state index in [1.807, 2.05) is 59.2 Å². The Bertz CT molecular complexity index is 1340. The normalized spacial score (nSPS) is 11.0. The molecule has 0 bridgehead atoms. The molecule has 0 aliphatic carbocycles. The Morgan fingerprint density at radius 2 is 1.72 bits per heavy atom. The van der Waals surface area contributed by atoms with E-state index in [1.54, 1.807) is 12.1 Å². The molecule has 2 aromatic heterocycles. The van der Waals surface area contributed by atoms with E-state index in [0.717, 1.165) is 51.8 Å². The predicted octanol–water partition coefficient (Wildman–Crippen LogP) is 5.02. The number of aromatic nitrogens is 2. The van der Waals surface area contributed by atoms with Crippen LogP contribution in [0.3, 0.4) is 0 Å². The molecule has 4 aromatic rings. The van der Waals surface area contributed by atoms with Gasteiger partial charge in [0.1, 0.15) is 0 Å². The van der Waals surface area contributed by atoms with Crippen molar-refractivity contribution in [2.24, 2.45) is 0 Å². The summed E-state index contributed by atoms with van der Waals surface area (Å²) in [6, 6.07) is 20.9. The quantitative estimate of drug-likeness (QED) is 0.406. The highest BCUT2D eigenvalue weighted by Gasteiger charge is 2.13. The summed E-state index contributed by atoms with van der Waals surface area (Å²) in [5.41, 5.74) is 6.16. The fraction of sp³-hybridized carbons (Fsp3) is 0.222. The lowest BCUT2D eigenvalue weighted by molar-refractivity contribution is 0.0601. The van der Waals surface area contributed by atoms with Gasteiger partial charge in [-0.3, -0.25) is 9.78 Å². The molecule has 0 amide bonds. The molecule has 5 nitrogen and oxygen atoms in total. The van der Waals surface area contributed by atoms with E-state index in [0.29, 0.717) is 12.1 Å². The maximum Gasteiger partial charge on any atom is 0.338 e. The van der Waals surface area contributed by atoms with E-state index >= 15 is 0 Å². The van der Waals surface area contributed by atoms with Crippen LogP contribution in [-0.4, -0.2) is 22.6 Å². The first-order valence-electron chi connectivity index (χ1n) is 10.8. The van der Waals surface area contributed by atoms with E-state index in [1.165, 1.54) is 7.11 Å². The third-order valence-corrected chi connectivity index (χ3v) is 5.75. The maximum atomic E-state index is 12.8. The van der Waals surface area contributed by atoms with Crippen molar-refractivity contribution < 1.29 is 9.53 Å². The molecule has 2 aromatic carbocycles. The summed E-state index contributed by atoms with van der Waals surface area (Å²) < 4.78 is 6.72. The Labute approximate surface area is 187 Å². The van der Waals surface area contributed by atoms with Crippen LogP contribution < -0.4 is 5.56 Å². The Morgan fingerprint density at radius 3 is 2.41 bits per heavy atom. The fourth-order valence-electron chi connectivity index (χ4n) is 4.03. The maximum absolute atomic E-state index is 12.8. The lowest BCUT2D eigenvalue weighted by Gasteiger charge is -2.14. The zero-order valence-electron chi connectivity index (χ0n) is 18.6. The molecule has 5 heteroatoms. The minimum Gasteiger partial charge on any atom is -0.465 e. The molecule has 0 fully saturated rings. The van der Waals surface area contributed by atoms with Crippen molar-refractivity contribution in [2.45, 2.75) is 33.2 Å². The van der Waals surface area contributed by atoms with Crippen molar-refractivity contribution in [1.82, 2.24) is 9.55 Å². The van der Waals surface area contributed by atoms with Gasteiger partial charge in [-0.15, -0.1) is 0 Å². The van der Waals surface area contributed by atoms with Crippen molar-refractivity contribution in [3.63, 3.8) is 0 Å². The van der Waals surface area contributed by atoms with Crippen LogP contribution in [-0.2, 0) is 24.1 Å². The Balaban J connectivity index is 1.73. The third kappa shape index (κ3) is 4.06. The van der Waals surface area contributed by atoms with Gasteiger partial charge in [-0.1, -0.05) is 56.3 Å². The smallest absolute Gasteiger partial charge is 0.338 e. The molecular weight excluding hydrogens is 400 g/mol. The molecule has 0 aliphatic rings. The SMILES string of the molecule is CCc1cc2c(ccc(=O)n2Cc2ccc(-c3ccccc3C(=O)OC)cc2)c(CC)n1. The Morgan fingerprint density at radius 1 is 0.969 bits per heavy atom. The lowest BCUT2D eigenvalue weighted by atomic mass is 9.98. The second-order valence-corrected chi connectivity index (χ2v) is 7.69. The van der Waals surface area contributed by atoms with Gasteiger partial charge in [-0.25, -0.2) is 4.79 Å². The van der Waals surface area contributed by atoms with Crippen LogP contribution in [0.25, 0.3) is 22.0 Å². The van der Waals surface area contributed by atoms with Crippen molar-refractivity contribution in [3.8, 4) is 11.1 Å². The molecular formula is C27H26N2O3. The highest BCUT2D eigenvalue weighted by molar-refractivity contribution is 5.97. The lowest BCUT2D eigenvalue weighted by Crippen LogP contribution is -2.20. The van der Waals surface area contributed by atoms with Gasteiger partial charge in [0.05, 0.1) is 24.7 Å².